The average molecular weight is 420 g/mol. The Hall–Kier alpha value is -0.370. The van der Waals surface area contributed by atoms with Gasteiger partial charge in [0.1, 0.15) is 0 Å². The molecule has 1 aliphatic carbocycles. The molecule has 1 saturated heterocycles. The second-order valence-corrected chi connectivity index (χ2v) is 7.17. The molecule has 21 heavy (non-hydrogen) atoms. The lowest BCUT2D eigenvalue weighted by molar-refractivity contribution is 0.151. The lowest BCUT2D eigenvalue weighted by atomic mass is 9.68. The molecule has 0 bridgehead atoms. The zero-order chi connectivity index (χ0) is 14.0. The Bertz CT molecular complexity index is 496. The van der Waals surface area contributed by atoms with Gasteiger partial charge >= 0.3 is 0 Å². The van der Waals surface area contributed by atoms with Crippen molar-refractivity contribution in [3.05, 3.63) is 16.1 Å². The van der Waals surface area contributed by atoms with Crippen molar-refractivity contribution < 1.29 is 0 Å². The standard InChI is InChI=1S/C15H24N4S.HI/c1-12-18-13(10-20-12)4-8-17-14(16-2)19-9-7-15(11-19)5-3-6-15;/h10H,3-9,11H2,1-2H3,(H,16,17);1H. The Morgan fingerprint density at radius 2 is 2.29 bits per heavy atom. The summed E-state index contributed by atoms with van der Waals surface area (Å²) in [6.07, 6.45) is 6.57. The summed E-state index contributed by atoms with van der Waals surface area (Å²) in [5, 5.41) is 6.80. The predicted octanol–water partition coefficient (Wildman–Crippen LogP) is 3.06. The molecule has 1 saturated carbocycles. The number of aryl methyl sites for hydroxylation is 1. The van der Waals surface area contributed by atoms with Crippen molar-refractivity contribution in [2.75, 3.05) is 26.7 Å². The molecular weight excluding hydrogens is 395 g/mol. The first-order valence-electron chi connectivity index (χ1n) is 7.57. The topological polar surface area (TPSA) is 40.5 Å². The Morgan fingerprint density at radius 1 is 1.48 bits per heavy atom. The van der Waals surface area contributed by atoms with Gasteiger partial charge in [-0.25, -0.2) is 4.98 Å². The number of guanidine groups is 1. The summed E-state index contributed by atoms with van der Waals surface area (Å²) in [7, 11) is 1.89. The van der Waals surface area contributed by atoms with E-state index in [-0.39, 0.29) is 24.0 Å². The molecule has 2 heterocycles. The van der Waals surface area contributed by atoms with Gasteiger partial charge in [-0.3, -0.25) is 4.99 Å². The fourth-order valence-corrected chi connectivity index (χ4v) is 4.01. The number of rotatable bonds is 3. The number of hydrogen-bond acceptors (Lipinski definition) is 3. The summed E-state index contributed by atoms with van der Waals surface area (Å²) >= 11 is 1.73. The van der Waals surface area contributed by atoms with Gasteiger partial charge in [-0.1, -0.05) is 6.42 Å². The minimum absolute atomic E-state index is 0. The molecule has 1 aliphatic heterocycles. The van der Waals surface area contributed by atoms with Gasteiger partial charge in [-0.2, -0.15) is 0 Å². The van der Waals surface area contributed by atoms with Crippen molar-refractivity contribution in [2.24, 2.45) is 10.4 Å². The monoisotopic (exact) mass is 420 g/mol. The molecule has 0 atom stereocenters. The van der Waals surface area contributed by atoms with E-state index in [1.165, 1.54) is 37.9 Å². The van der Waals surface area contributed by atoms with Crippen molar-refractivity contribution in [3.8, 4) is 0 Å². The SMILES string of the molecule is CN=C(NCCc1csc(C)n1)N1CCC2(CCC2)C1.I. The first-order chi connectivity index (χ1) is 9.71. The van der Waals surface area contributed by atoms with Crippen LogP contribution in [0.1, 0.15) is 36.4 Å². The molecule has 6 heteroatoms. The van der Waals surface area contributed by atoms with Gasteiger partial charge in [-0.05, 0) is 31.6 Å². The molecular formula is C15H25IN4S. The van der Waals surface area contributed by atoms with Gasteiger partial charge in [0.2, 0.25) is 0 Å². The Morgan fingerprint density at radius 3 is 2.81 bits per heavy atom. The molecule has 0 radical (unpaired) electrons. The maximum Gasteiger partial charge on any atom is 0.193 e. The number of nitrogens with zero attached hydrogens (tertiary/aromatic N) is 3. The van der Waals surface area contributed by atoms with Crippen LogP contribution in [0.3, 0.4) is 0 Å². The minimum Gasteiger partial charge on any atom is -0.356 e. The normalized spacial score (nSPS) is 20.3. The van der Waals surface area contributed by atoms with E-state index in [0.29, 0.717) is 5.41 Å². The van der Waals surface area contributed by atoms with E-state index >= 15 is 0 Å². The number of nitrogens with one attached hydrogen (secondary N) is 1. The molecule has 1 aromatic heterocycles. The van der Waals surface area contributed by atoms with Crippen molar-refractivity contribution in [3.63, 3.8) is 0 Å². The highest BCUT2D eigenvalue weighted by Crippen LogP contribution is 2.47. The van der Waals surface area contributed by atoms with Crippen LogP contribution in [0.25, 0.3) is 0 Å². The lowest BCUT2D eigenvalue weighted by Crippen LogP contribution is -2.43. The number of likely N-dealkylation sites (tertiary alicyclic amines) is 1. The predicted molar refractivity (Wildman–Crippen MR) is 99.8 cm³/mol. The second-order valence-electron chi connectivity index (χ2n) is 6.11. The Balaban J connectivity index is 0.00000161. The van der Waals surface area contributed by atoms with Crippen LogP contribution in [0.4, 0.5) is 0 Å². The minimum atomic E-state index is 0. The van der Waals surface area contributed by atoms with Gasteiger partial charge in [0, 0.05) is 38.5 Å². The van der Waals surface area contributed by atoms with E-state index in [9.17, 15) is 0 Å². The van der Waals surface area contributed by atoms with Crippen LogP contribution in [0.5, 0.6) is 0 Å². The molecule has 118 valence electrons. The third-order valence-corrected chi connectivity index (χ3v) is 5.52. The van der Waals surface area contributed by atoms with E-state index in [0.717, 1.165) is 30.5 Å². The third-order valence-electron chi connectivity index (χ3n) is 4.69. The van der Waals surface area contributed by atoms with Gasteiger partial charge in [0.25, 0.3) is 0 Å². The van der Waals surface area contributed by atoms with Gasteiger partial charge in [0.05, 0.1) is 10.7 Å². The summed E-state index contributed by atoms with van der Waals surface area (Å²) in [4.78, 5) is 11.4. The molecule has 1 aromatic rings. The van der Waals surface area contributed by atoms with E-state index < -0.39 is 0 Å². The van der Waals surface area contributed by atoms with Crippen LogP contribution < -0.4 is 5.32 Å². The fraction of sp³-hybridized carbons (Fsp3) is 0.733. The van der Waals surface area contributed by atoms with Gasteiger partial charge < -0.3 is 10.2 Å². The Kier molecular flexibility index (Phi) is 5.88. The highest BCUT2D eigenvalue weighted by molar-refractivity contribution is 14.0. The van der Waals surface area contributed by atoms with Crippen LogP contribution in [0.2, 0.25) is 0 Å². The van der Waals surface area contributed by atoms with Crippen LogP contribution >= 0.6 is 35.3 Å². The van der Waals surface area contributed by atoms with Crippen LogP contribution in [0.15, 0.2) is 10.4 Å². The van der Waals surface area contributed by atoms with Crippen LogP contribution in [0, 0.1) is 12.3 Å². The summed E-state index contributed by atoms with van der Waals surface area (Å²) in [6, 6.07) is 0. The number of thiazole rings is 1. The van der Waals surface area contributed by atoms with Crippen LogP contribution in [-0.2, 0) is 6.42 Å². The first-order valence-corrected chi connectivity index (χ1v) is 8.45. The molecule has 0 aromatic carbocycles. The number of hydrogen-bond donors (Lipinski definition) is 1. The summed E-state index contributed by atoms with van der Waals surface area (Å²) in [6.45, 7) is 5.33. The molecule has 1 spiro atoms. The number of halogens is 1. The quantitative estimate of drug-likeness (QED) is 0.464. The molecule has 2 fully saturated rings. The smallest absolute Gasteiger partial charge is 0.193 e. The van der Waals surface area contributed by atoms with E-state index in [1.807, 2.05) is 7.05 Å². The maximum absolute atomic E-state index is 4.50. The number of aromatic nitrogens is 1. The number of aliphatic imine (C=N–C) groups is 1. The largest absolute Gasteiger partial charge is 0.356 e. The van der Waals surface area contributed by atoms with E-state index in [4.69, 9.17) is 0 Å². The van der Waals surface area contributed by atoms with Crippen molar-refractivity contribution in [2.45, 2.75) is 39.0 Å². The summed E-state index contributed by atoms with van der Waals surface area (Å²) in [5.41, 5.74) is 1.82. The molecule has 2 aliphatic rings. The second kappa shape index (κ2) is 7.26. The third kappa shape index (κ3) is 3.88. The van der Waals surface area contributed by atoms with Gasteiger partial charge in [-0.15, -0.1) is 35.3 Å². The molecule has 1 N–H and O–H groups in total. The lowest BCUT2D eigenvalue weighted by Gasteiger charge is -2.38. The maximum atomic E-state index is 4.50. The van der Waals surface area contributed by atoms with Gasteiger partial charge in [0.15, 0.2) is 5.96 Å². The zero-order valence-corrected chi connectivity index (χ0v) is 16.0. The summed E-state index contributed by atoms with van der Waals surface area (Å²) in [5.74, 6) is 1.07. The molecule has 3 rings (SSSR count). The zero-order valence-electron chi connectivity index (χ0n) is 12.9. The molecule has 0 amide bonds. The highest BCUT2D eigenvalue weighted by atomic mass is 127. The average Bonchev–Trinajstić information content (AvgIpc) is 3.01. The first kappa shape index (κ1) is 17.0. The highest BCUT2D eigenvalue weighted by Gasteiger charge is 2.43. The van der Waals surface area contributed by atoms with Crippen molar-refractivity contribution in [1.82, 2.24) is 15.2 Å². The molecule has 0 unspecified atom stereocenters. The van der Waals surface area contributed by atoms with Crippen LogP contribution in [-0.4, -0.2) is 42.5 Å². The summed E-state index contributed by atoms with van der Waals surface area (Å²) < 4.78 is 0. The molecule has 4 nitrogen and oxygen atoms in total. The van der Waals surface area contributed by atoms with Crippen molar-refractivity contribution >= 4 is 41.3 Å². The van der Waals surface area contributed by atoms with E-state index in [1.54, 1.807) is 11.3 Å². The van der Waals surface area contributed by atoms with Crippen molar-refractivity contribution in [1.29, 1.82) is 0 Å². The Labute approximate surface area is 148 Å². The van der Waals surface area contributed by atoms with E-state index in [2.05, 4.69) is 32.5 Å². The fourth-order valence-electron chi connectivity index (χ4n) is 3.36.